The highest BCUT2D eigenvalue weighted by Crippen LogP contribution is 2.36. The van der Waals surface area contributed by atoms with Gasteiger partial charge in [0.05, 0.1) is 7.11 Å². The van der Waals surface area contributed by atoms with E-state index in [1.54, 1.807) is 30.6 Å². The van der Waals surface area contributed by atoms with Crippen LogP contribution in [0.2, 0.25) is 0 Å². The lowest BCUT2D eigenvalue weighted by Gasteiger charge is -2.17. The molecule has 0 bridgehead atoms. The second-order valence-electron chi connectivity index (χ2n) is 5.99. The largest absolute Gasteiger partial charge is 0.497 e. The lowest BCUT2D eigenvalue weighted by Crippen LogP contribution is -2.09. The number of allylic oxidation sites excluding steroid dienone is 1. The molecule has 0 radical (unpaired) electrons. The van der Waals surface area contributed by atoms with E-state index in [9.17, 15) is 4.79 Å². The minimum Gasteiger partial charge on any atom is -0.497 e. The summed E-state index contributed by atoms with van der Waals surface area (Å²) in [6, 6.07) is 18.5. The number of hydrogen-bond acceptors (Lipinski definition) is 4. The third-order valence-corrected chi connectivity index (χ3v) is 6.80. The number of methoxy groups -OCH3 is 1. The third-order valence-electron chi connectivity index (χ3n) is 4.21. The van der Waals surface area contributed by atoms with Crippen LogP contribution in [0.5, 0.6) is 5.75 Å². The molecule has 1 atom stereocenters. The lowest BCUT2D eigenvalue weighted by molar-refractivity contribution is -0.115. The fraction of sp³-hybridized carbons (Fsp3) is 0.286. The predicted molar refractivity (Wildman–Crippen MR) is 109 cm³/mol. The number of thioether (sulfide) groups is 2. The molecular weight excluding hydrogens is 348 g/mol. The molecule has 2 aromatic carbocycles. The van der Waals surface area contributed by atoms with Gasteiger partial charge in [0, 0.05) is 28.2 Å². The van der Waals surface area contributed by atoms with Gasteiger partial charge < -0.3 is 4.74 Å². The highest BCUT2D eigenvalue weighted by molar-refractivity contribution is 8.25. The number of ether oxygens (including phenoxy) is 1. The fourth-order valence-electron chi connectivity index (χ4n) is 2.93. The van der Waals surface area contributed by atoms with Crippen LogP contribution in [-0.2, 0) is 11.2 Å². The molecule has 3 rings (SSSR count). The lowest BCUT2D eigenvalue weighted by atomic mass is 9.88. The Morgan fingerprint density at radius 1 is 1.08 bits per heavy atom. The van der Waals surface area contributed by atoms with Gasteiger partial charge in [-0.05, 0) is 35.6 Å². The number of ketones is 1. The quantitative estimate of drug-likeness (QED) is 0.618. The van der Waals surface area contributed by atoms with Crippen molar-refractivity contribution in [3.8, 4) is 5.75 Å². The Labute approximate surface area is 158 Å². The number of carbonyl (C=O) groups excluding carboxylic acids is 1. The van der Waals surface area contributed by atoms with E-state index >= 15 is 0 Å². The van der Waals surface area contributed by atoms with Gasteiger partial charge in [-0.1, -0.05) is 42.5 Å². The first-order chi connectivity index (χ1) is 12.2. The molecule has 4 heteroatoms. The van der Waals surface area contributed by atoms with Crippen LogP contribution in [0, 0.1) is 0 Å². The molecule has 0 unspecified atom stereocenters. The van der Waals surface area contributed by atoms with Crippen molar-refractivity contribution < 1.29 is 9.53 Å². The molecule has 1 fully saturated rings. The first-order valence-electron chi connectivity index (χ1n) is 8.42. The van der Waals surface area contributed by atoms with Crippen molar-refractivity contribution in [2.75, 3.05) is 18.6 Å². The van der Waals surface area contributed by atoms with Crippen molar-refractivity contribution in [3.05, 3.63) is 76.0 Å². The van der Waals surface area contributed by atoms with Gasteiger partial charge in [-0.2, -0.15) is 0 Å². The Morgan fingerprint density at radius 3 is 2.40 bits per heavy atom. The molecule has 0 N–H and O–H groups in total. The minimum absolute atomic E-state index is 0.175. The normalized spacial score (nSPS) is 15.0. The number of hydrogen-bond donors (Lipinski definition) is 0. The van der Waals surface area contributed by atoms with Crippen LogP contribution in [0.4, 0.5) is 0 Å². The maximum Gasteiger partial charge on any atom is 0.157 e. The molecule has 0 spiro atoms. The summed E-state index contributed by atoms with van der Waals surface area (Å²) in [4.78, 5) is 12.6. The Kier molecular flexibility index (Phi) is 6.65. The van der Waals surface area contributed by atoms with Crippen LogP contribution in [0.1, 0.15) is 23.5 Å². The first-order valence-corrected chi connectivity index (χ1v) is 10.4. The molecule has 1 heterocycles. The molecule has 1 saturated heterocycles. The zero-order valence-corrected chi connectivity index (χ0v) is 15.9. The van der Waals surface area contributed by atoms with Gasteiger partial charge >= 0.3 is 0 Å². The maximum atomic E-state index is 12.6. The average molecular weight is 371 g/mol. The van der Waals surface area contributed by atoms with Crippen molar-refractivity contribution in [2.24, 2.45) is 0 Å². The molecule has 0 aliphatic carbocycles. The Hall–Kier alpha value is -1.65. The molecular formula is C21H22O2S2. The van der Waals surface area contributed by atoms with Crippen LogP contribution >= 0.6 is 23.5 Å². The third kappa shape index (κ3) is 5.41. The SMILES string of the molecule is COc1ccc([C@@H](CC(=O)C=C2SCCS2)Cc2ccccc2)cc1. The standard InChI is InChI=1S/C21H22O2S2/c1-23-20-9-7-17(8-10-20)18(13-16-5-3-2-4-6-16)14-19(22)15-21-24-11-12-25-21/h2-10,15,18H,11-14H2,1H3/t18-/m1/s1. The first kappa shape index (κ1) is 18.2. The zero-order valence-electron chi connectivity index (χ0n) is 14.3. The van der Waals surface area contributed by atoms with Gasteiger partial charge in [-0.25, -0.2) is 0 Å². The smallest absolute Gasteiger partial charge is 0.157 e. The van der Waals surface area contributed by atoms with E-state index in [0.29, 0.717) is 6.42 Å². The van der Waals surface area contributed by atoms with E-state index in [0.717, 1.165) is 27.9 Å². The summed E-state index contributed by atoms with van der Waals surface area (Å²) in [6.07, 6.45) is 3.23. The molecule has 130 valence electrons. The van der Waals surface area contributed by atoms with Crippen LogP contribution in [0.3, 0.4) is 0 Å². The molecule has 0 amide bonds. The van der Waals surface area contributed by atoms with Crippen molar-refractivity contribution in [3.63, 3.8) is 0 Å². The topological polar surface area (TPSA) is 26.3 Å². The van der Waals surface area contributed by atoms with Gasteiger partial charge in [0.2, 0.25) is 0 Å². The van der Waals surface area contributed by atoms with Crippen LogP contribution in [0.15, 0.2) is 64.9 Å². The van der Waals surface area contributed by atoms with Gasteiger partial charge in [0.25, 0.3) is 0 Å². The van der Waals surface area contributed by atoms with Gasteiger partial charge in [-0.15, -0.1) is 23.5 Å². The summed E-state index contributed by atoms with van der Waals surface area (Å²) >= 11 is 3.58. The molecule has 0 saturated carbocycles. The van der Waals surface area contributed by atoms with E-state index in [-0.39, 0.29) is 11.7 Å². The minimum atomic E-state index is 0.175. The summed E-state index contributed by atoms with van der Waals surface area (Å²) in [7, 11) is 1.67. The monoisotopic (exact) mass is 370 g/mol. The Balaban J connectivity index is 1.77. The summed E-state index contributed by atoms with van der Waals surface area (Å²) < 4.78 is 6.42. The van der Waals surface area contributed by atoms with Gasteiger partial charge in [0.15, 0.2) is 5.78 Å². The van der Waals surface area contributed by atoms with Crippen LogP contribution in [0.25, 0.3) is 0 Å². The van der Waals surface area contributed by atoms with E-state index in [1.165, 1.54) is 11.1 Å². The number of carbonyl (C=O) groups is 1. The van der Waals surface area contributed by atoms with Gasteiger partial charge in [0.1, 0.15) is 5.75 Å². The van der Waals surface area contributed by atoms with Crippen LogP contribution in [-0.4, -0.2) is 24.4 Å². The predicted octanol–water partition coefficient (Wildman–Crippen LogP) is 5.30. The van der Waals surface area contributed by atoms with Crippen molar-refractivity contribution in [1.29, 1.82) is 0 Å². The van der Waals surface area contributed by atoms with Crippen molar-refractivity contribution in [1.82, 2.24) is 0 Å². The molecule has 1 aliphatic heterocycles. The second kappa shape index (κ2) is 9.16. The molecule has 25 heavy (non-hydrogen) atoms. The summed E-state index contributed by atoms with van der Waals surface area (Å²) in [5.74, 6) is 3.45. The van der Waals surface area contributed by atoms with E-state index in [2.05, 4.69) is 36.4 Å². The Bertz CT molecular complexity index is 715. The summed E-state index contributed by atoms with van der Waals surface area (Å²) in [6.45, 7) is 0. The summed E-state index contributed by atoms with van der Waals surface area (Å²) in [5.41, 5.74) is 2.44. The number of rotatable bonds is 7. The Morgan fingerprint density at radius 2 is 1.76 bits per heavy atom. The number of benzene rings is 2. The molecule has 2 aromatic rings. The zero-order chi connectivity index (χ0) is 17.5. The second-order valence-corrected chi connectivity index (χ2v) is 8.52. The van der Waals surface area contributed by atoms with E-state index in [1.807, 2.05) is 24.3 Å². The highest BCUT2D eigenvalue weighted by atomic mass is 32.2. The van der Waals surface area contributed by atoms with Crippen LogP contribution < -0.4 is 4.74 Å². The molecule has 2 nitrogen and oxygen atoms in total. The molecule has 1 aliphatic rings. The average Bonchev–Trinajstić information content (AvgIpc) is 3.15. The van der Waals surface area contributed by atoms with Crippen molar-refractivity contribution >= 4 is 29.3 Å². The maximum absolute atomic E-state index is 12.6. The fourth-order valence-corrected chi connectivity index (χ4v) is 5.26. The van der Waals surface area contributed by atoms with E-state index in [4.69, 9.17) is 4.74 Å². The summed E-state index contributed by atoms with van der Waals surface area (Å²) in [5, 5.41) is 0. The highest BCUT2D eigenvalue weighted by Gasteiger charge is 2.18. The van der Waals surface area contributed by atoms with Crippen molar-refractivity contribution in [2.45, 2.75) is 18.8 Å². The molecule has 0 aromatic heterocycles. The van der Waals surface area contributed by atoms with E-state index < -0.39 is 0 Å². The van der Waals surface area contributed by atoms with Gasteiger partial charge in [-0.3, -0.25) is 4.79 Å².